The van der Waals surface area contributed by atoms with Crippen molar-refractivity contribution in [3.63, 3.8) is 0 Å². The summed E-state index contributed by atoms with van der Waals surface area (Å²) in [5, 5.41) is 4.75. The van der Waals surface area contributed by atoms with Gasteiger partial charge < -0.3 is 10.2 Å². The van der Waals surface area contributed by atoms with Gasteiger partial charge in [-0.25, -0.2) is 4.98 Å². The summed E-state index contributed by atoms with van der Waals surface area (Å²) in [4.78, 5) is 33.8. The molecule has 2 amide bonds. The van der Waals surface area contributed by atoms with Crippen LogP contribution in [0.4, 0.5) is 5.13 Å². The van der Waals surface area contributed by atoms with E-state index in [0.717, 1.165) is 24.9 Å². The summed E-state index contributed by atoms with van der Waals surface area (Å²) in [6.07, 6.45) is 5.40. The van der Waals surface area contributed by atoms with Gasteiger partial charge in [-0.1, -0.05) is 0 Å². The molecule has 1 fully saturated rings. The second kappa shape index (κ2) is 6.23. The number of nitrogens with zero attached hydrogens (tertiary/aromatic N) is 3. The second-order valence-corrected chi connectivity index (χ2v) is 6.01. The summed E-state index contributed by atoms with van der Waals surface area (Å²) in [7, 11) is 0. The Hall–Kier alpha value is -2.28. The number of likely N-dealkylation sites (tertiary alicyclic amines) is 1. The van der Waals surface area contributed by atoms with E-state index < -0.39 is 0 Å². The highest BCUT2D eigenvalue weighted by Crippen LogP contribution is 2.33. The number of anilines is 1. The van der Waals surface area contributed by atoms with Crippen LogP contribution in [0.1, 0.15) is 41.9 Å². The first-order chi connectivity index (χ1) is 10.6. The molecule has 0 bridgehead atoms. The maximum Gasteiger partial charge on any atom is 0.273 e. The molecule has 2 aromatic heterocycles. The van der Waals surface area contributed by atoms with Crippen molar-refractivity contribution in [2.75, 3.05) is 11.9 Å². The zero-order chi connectivity index (χ0) is 15.5. The molecule has 7 heteroatoms. The first-order valence-corrected chi connectivity index (χ1v) is 7.97. The standard InChI is InChI=1S/C15H16N4O2S/c1-10(20)17-15-18-12(9-22-15)14(21)19-8-2-3-13(19)11-4-6-16-7-5-11/h4-7,9,13H,2-3,8H2,1H3,(H,17,18,20)/t13-/m1/s1. The van der Waals surface area contributed by atoms with Crippen molar-refractivity contribution in [2.24, 2.45) is 0 Å². The van der Waals surface area contributed by atoms with Crippen molar-refractivity contribution in [3.05, 3.63) is 41.2 Å². The first kappa shape index (κ1) is 14.6. The summed E-state index contributed by atoms with van der Waals surface area (Å²) in [6.45, 7) is 2.14. The van der Waals surface area contributed by atoms with Crippen LogP contribution in [-0.2, 0) is 4.79 Å². The second-order valence-electron chi connectivity index (χ2n) is 5.16. The average Bonchev–Trinajstić information content (AvgIpc) is 3.16. The van der Waals surface area contributed by atoms with E-state index in [9.17, 15) is 9.59 Å². The molecule has 0 saturated carbocycles. The Labute approximate surface area is 132 Å². The van der Waals surface area contributed by atoms with Crippen molar-refractivity contribution in [1.82, 2.24) is 14.9 Å². The van der Waals surface area contributed by atoms with E-state index in [0.29, 0.717) is 10.8 Å². The smallest absolute Gasteiger partial charge is 0.273 e. The lowest BCUT2D eigenvalue weighted by Gasteiger charge is -2.24. The number of thiazole rings is 1. The number of nitrogens with one attached hydrogen (secondary N) is 1. The Balaban J connectivity index is 1.79. The molecule has 1 aliphatic rings. The van der Waals surface area contributed by atoms with E-state index in [-0.39, 0.29) is 17.9 Å². The molecule has 1 saturated heterocycles. The SMILES string of the molecule is CC(=O)Nc1nc(C(=O)N2CCC[C@@H]2c2ccncc2)cs1. The number of carbonyl (C=O) groups excluding carboxylic acids is 2. The fourth-order valence-electron chi connectivity index (χ4n) is 2.67. The van der Waals surface area contributed by atoms with Gasteiger partial charge in [0.1, 0.15) is 5.69 Å². The van der Waals surface area contributed by atoms with E-state index in [1.54, 1.807) is 17.8 Å². The highest BCUT2D eigenvalue weighted by Gasteiger charge is 2.31. The van der Waals surface area contributed by atoms with Crippen LogP contribution in [0, 0.1) is 0 Å². The molecule has 3 rings (SSSR count). The Morgan fingerprint density at radius 3 is 2.86 bits per heavy atom. The summed E-state index contributed by atoms with van der Waals surface area (Å²) in [6, 6.07) is 3.96. The number of hydrogen-bond acceptors (Lipinski definition) is 5. The first-order valence-electron chi connectivity index (χ1n) is 7.09. The van der Waals surface area contributed by atoms with Crippen LogP contribution >= 0.6 is 11.3 Å². The number of hydrogen-bond donors (Lipinski definition) is 1. The third-order valence-corrected chi connectivity index (χ3v) is 4.37. The van der Waals surface area contributed by atoms with Crippen LogP contribution in [0.5, 0.6) is 0 Å². The maximum atomic E-state index is 12.7. The lowest BCUT2D eigenvalue weighted by Crippen LogP contribution is -2.30. The molecule has 22 heavy (non-hydrogen) atoms. The zero-order valence-electron chi connectivity index (χ0n) is 12.2. The average molecular weight is 316 g/mol. The summed E-state index contributed by atoms with van der Waals surface area (Å²) >= 11 is 1.26. The Kier molecular flexibility index (Phi) is 4.15. The number of aromatic nitrogens is 2. The Morgan fingerprint density at radius 2 is 2.14 bits per heavy atom. The van der Waals surface area contributed by atoms with E-state index in [2.05, 4.69) is 15.3 Å². The zero-order valence-corrected chi connectivity index (χ0v) is 13.0. The maximum absolute atomic E-state index is 12.7. The summed E-state index contributed by atoms with van der Waals surface area (Å²) < 4.78 is 0. The molecule has 1 aliphatic heterocycles. The van der Waals surface area contributed by atoms with Crippen molar-refractivity contribution in [2.45, 2.75) is 25.8 Å². The van der Waals surface area contributed by atoms with Gasteiger partial charge in [-0.05, 0) is 30.5 Å². The van der Waals surface area contributed by atoms with Crippen molar-refractivity contribution in [1.29, 1.82) is 0 Å². The number of rotatable bonds is 3. The molecule has 0 aromatic carbocycles. The fraction of sp³-hybridized carbons (Fsp3) is 0.333. The Bertz CT molecular complexity index is 686. The van der Waals surface area contributed by atoms with Gasteiger partial charge in [0.15, 0.2) is 5.13 Å². The summed E-state index contributed by atoms with van der Waals surface area (Å²) in [5.74, 6) is -0.281. The minimum Gasteiger partial charge on any atom is -0.330 e. The van der Waals surface area contributed by atoms with E-state index in [1.165, 1.54) is 18.3 Å². The lowest BCUT2D eigenvalue weighted by molar-refractivity contribution is -0.114. The van der Waals surface area contributed by atoms with Crippen LogP contribution in [0.2, 0.25) is 0 Å². The van der Waals surface area contributed by atoms with Crippen LogP contribution in [0.3, 0.4) is 0 Å². The van der Waals surface area contributed by atoms with Gasteiger partial charge in [-0.15, -0.1) is 11.3 Å². The van der Waals surface area contributed by atoms with Gasteiger partial charge in [0.2, 0.25) is 5.91 Å². The fourth-order valence-corrected chi connectivity index (χ4v) is 3.40. The van der Waals surface area contributed by atoms with Crippen LogP contribution in [-0.4, -0.2) is 33.2 Å². The van der Waals surface area contributed by atoms with E-state index in [4.69, 9.17) is 0 Å². The minimum absolute atomic E-state index is 0.0708. The van der Waals surface area contributed by atoms with Gasteiger partial charge in [0.05, 0.1) is 6.04 Å². The number of carbonyl (C=O) groups is 2. The highest BCUT2D eigenvalue weighted by molar-refractivity contribution is 7.14. The molecule has 6 nitrogen and oxygen atoms in total. The third-order valence-electron chi connectivity index (χ3n) is 3.61. The molecule has 0 spiro atoms. The molecule has 1 N–H and O–H groups in total. The lowest BCUT2D eigenvalue weighted by atomic mass is 10.1. The molecule has 1 atom stereocenters. The van der Waals surface area contributed by atoms with E-state index >= 15 is 0 Å². The van der Waals surface area contributed by atoms with Crippen LogP contribution < -0.4 is 5.32 Å². The molecular weight excluding hydrogens is 300 g/mol. The topological polar surface area (TPSA) is 75.2 Å². The van der Waals surface area contributed by atoms with Gasteiger partial charge in [-0.3, -0.25) is 14.6 Å². The summed E-state index contributed by atoms with van der Waals surface area (Å²) in [5.41, 5.74) is 1.48. The molecule has 2 aromatic rings. The van der Waals surface area contributed by atoms with Crippen molar-refractivity contribution in [3.8, 4) is 0 Å². The predicted octanol–water partition coefficient (Wildman–Crippen LogP) is 2.47. The third kappa shape index (κ3) is 2.99. The van der Waals surface area contributed by atoms with Crippen LogP contribution in [0.15, 0.2) is 29.9 Å². The van der Waals surface area contributed by atoms with Gasteiger partial charge in [-0.2, -0.15) is 0 Å². The molecule has 0 aliphatic carbocycles. The largest absolute Gasteiger partial charge is 0.330 e. The van der Waals surface area contributed by atoms with Crippen molar-refractivity contribution < 1.29 is 9.59 Å². The Morgan fingerprint density at radius 1 is 1.36 bits per heavy atom. The highest BCUT2D eigenvalue weighted by atomic mass is 32.1. The molecule has 114 valence electrons. The van der Waals surface area contributed by atoms with E-state index in [1.807, 2.05) is 17.0 Å². The van der Waals surface area contributed by atoms with Gasteiger partial charge >= 0.3 is 0 Å². The van der Waals surface area contributed by atoms with Crippen molar-refractivity contribution >= 4 is 28.3 Å². The van der Waals surface area contributed by atoms with Gasteiger partial charge in [0.25, 0.3) is 5.91 Å². The monoisotopic (exact) mass is 316 g/mol. The number of amides is 2. The predicted molar refractivity (Wildman–Crippen MR) is 83.7 cm³/mol. The number of pyridine rings is 1. The normalized spacial score (nSPS) is 17.5. The quantitative estimate of drug-likeness (QED) is 0.944. The molecular formula is C15H16N4O2S. The molecule has 3 heterocycles. The molecule has 0 radical (unpaired) electrons. The van der Waals surface area contributed by atoms with Crippen LogP contribution in [0.25, 0.3) is 0 Å². The van der Waals surface area contributed by atoms with Gasteiger partial charge in [0, 0.05) is 31.2 Å². The molecule has 0 unspecified atom stereocenters. The minimum atomic E-state index is -0.191.